The quantitative estimate of drug-likeness (QED) is 0.264. The number of nitrogens with one attached hydrogen (secondary N) is 3. The summed E-state index contributed by atoms with van der Waals surface area (Å²) in [6.07, 6.45) is -4.17. The first-order valence-electron chi connectivity index (χ1n) is 11.6. The van der Waals surface area contributed by atoms with E-state index < -0.39 is 66.2 Å². The normalized spacial score (nSPS) is 14.3. The Morgan fingerprint density at radius 1 is 0.771 bits per heavy atom. The maximum Gasteiger partial charge on any atom is 0.408 e. The summed E-state index contributed by atoms with van der Waals surface area (Å²) in [5.74, 6) is -5.16. The molecule has 10 nitrogen and oxygen atoms in total. The van der Waals surface area contributed by atoms with Crippen molar-refractivity contribution in [2.24, 2.45) is 11.8 Å². The molecular weight excluding hydrogens is 468 g/mol. The van der Waals surface area contributed by atoms with Crippen molar-refractivity contribution in [3.8, 4) is 0 Å². The lowest BCUT2D eigenvalue weighted by molar-refractivity contribution is -0.151. The average molecular weight is 508 g/mol. The van der Waals surface area contributed by atoms with Crippen LogP contribution >= 0.6 is 0 Å². The van der Waals surface area contributed by atoms with Crippen LogP contribution in [0.25, 0.3) is 0 Å². The molecule has 3 atom stereocenters. The van der Waals surface area contributed by atoms with Gasteiger partial charge in [-0.25, -0.2) is 18.4 Å². The van der Waals surface area contributed by atoms with Crippen molar-refractivity contribution in [1.82, 2.24) is 16.0 Å². The molecule has 0 rings (SSSR count). The van der Waals surface area contributed by atoms with Crippen LogP contribution in [0.3, 0.4) is 0 Å². The molecule has 4 N–H and O–H groups in total. The first-order valence-corrected chi connectivity index (χ1v) is 11.6. The minimum atomic E-state index is -3.04. The minimum Gasteiger partial charge on any atom is -0.475 e. The third-order valence-electron chi connectivity index (χ3n) is 4.64. The van der Waals surface area contributed by atoms with Gasteiger partial charge >= 0.3 is 12.1 Å². The Bertz CT molecular complexity index is 752. The maximum absolute atomic E-state index is 13.0. The van der Waals surface area contributed by atoms with Crippen molar-refractivity contribution in [2.45, 2.75) is 104 Å². The van der Waals surface area contributed by atoms with Gasteiger partial charge in [0.25, 0.3) is 5.78 Å². The zero-order chi connectivity index (χ0) is 27.5. The summed E-state index contributed by atoms with van der Waals surface area (Å²) in [7, 11) is 0. The largest absolute Gasteiger partial charge is 0.475 e. The van der Waals surface area contributed by atoms with E-state index in [1.54, 1.807) is 34.6 Å². The molecule has 0 aliphatic heterocycles. The number of alkyl carbamates (subject to hydrolysis) is 1. The monoisotopic (exact) mass is 507 g/mol. The van der Waals surface area contributed by atoms with Gasteiger partial charge in [-0.15, -0.1) is 0 Å². The van der Waals surface area contributed by atoms with E-state index >= 15 is 0 Å². The van der Waals surface area contributed by atoms with Crippen molar-refractivity contribution in [2.75, 3.05) is 0 Å². The third-order valence-corrected chi connectivity index (χ3v) is 4.64. The van der Waals surface area contributed by atoms with Crippen LogP contribution in [-0.4, -0.2) is 64.9 Å². The van der Waals surface area contributed by atoms with Crippen LogP contribution in [0, 0.1) is 11.8 Å². The lowest BCUT2D eigenvalue weighted by Crippen LogP contribution is -2.57. The van der Waals surface area contributed by atoms with Gasteiger partial charge in [-0.3, -0.25) is 14.4 Å². The highest BCUT2D eigenvalue weighted by Gasteiger charge is 2.33. The first-order chi connectivity index (χ1) is 15.9. The number of halogens is 2. The highest BCUT2D eigenvalue weighted by Crippen LogP contribution is 2.13. The van der Waals surface area contributed by atoms with Crippen molar-refractivity contribution in [1.29, 1.82) is 0 Å². The second-order valence-electron chi connectivity index (χ2n) is 10.2. The minimum absolute atomic E-state index is 0.0730. The average Bonchev–Trinajstić information content (AvgIpc) is 2.66. The van der Waals surface area contributed by atoms with E-state index in [1.807, 2.05) is 19.2 Å². The highest BCUT2D eigenvalue weighted by molar-refractivity contribution is 6.35. The Kier molecular flexibility index (Phi) is 13.4. The molecule has 0 aromatic rings. The fourth-order valence-electron chi connectivity index (χ4n) is 3.02. The molecule has 3 unspecified atom stereocenters. The van der Waals surface area contributed by atoms with Crippen LogP contribution in [-0.2, 0) is 23.9 Å². The number of carbonyl (C=O) groups excluding carboxylic acids is 4. The van der Waals surface area contributed by atoms with E-state index in [0.717, 1.165) is 0 Å². The Balaban J connectivity index is 5.67. The molecular formula is C23H39F2N3O7. The summed E-state index contributed by atoms with van der Waals surface area (Å²) in [5, 5.41) is 15.9. The van der Waals surface area contributed by atoms with Crippen molar-refractivity contribution < 1.29 is 42.6 Å². The lowest BCUT2D eigenvalue weighted by Gasteiger charge is -2.27. The molecule has 0 saturated carbocycles. The van der Waals surface area contributed by atoms with E-state index in [9.17, 15) is 32.8 Å². The summed E-state index contributed by atoms with van der Waals surface area (Å²) < 4.78 is 30.9. The first kappa shape index (κ1) is 32.2. The van der Waals surface area contributed by atoms with Gasteiger partial charge in [0.05, 0.1) is 0 Å². The number of hydrogen-bond acceptors (Lipinski definition) is 6. The molecule has 12 heteroatoms. The number of ketones is 1. The van der Waals surface area contributed by atoms with E-state index in [2.05, 4.69) is 10.6 Å². The Labute approximate surface area is 204 Å². The Hall–Kier alpha value is -2.79. The van der Waals surface area contributed by atoms with Gasteiger partial charge in [0, 0.05) is 6.42 Å². The van der Waals surface area contributed by atoms with E-state index in [4.69, 9.17) is 9.84 Å². The van der Waals surface area contributed by atoms with E-state index in [-0.39, 0.29) is 24.7 Å². The van der Waals surface area contributed by atoms with Gasteiger partial charge in [-0.05, 0) is 51.9 Å². The molecule has 0 spiro atoms. The van der Waals surface area contributed by atoms with Crippen LogP contribution in [0.2, 0.25) is 0 Å². The summed E-state index contributed by atoms with van der Waals surface area (Å²) in [6.45, 7) is 12.3. The topological polar surface area (TPSA) is 151 Å². The number of amides is 3. The number of rotatable bonds is 14. The van der Waals surface area contributed by atoms with Gasteiger partial charge in [0.15, 0.2) is 0 Å². The summed E-state index contributed by atoms with van der Waals surface area (Å²) in [4.78, 5) is 60.8. The summed E-state index contributed by atoms with van der Waals surface area (Å²) >= 11 is 0. The van der Waals surface area contributed by atoms with Crippen LogP contribution in [0.15, 0.2) is 0 Å². The Morgan fingerprint density at radius 3 is 1.71 bits per heavy atom. The van der Waals surface area contributed by atoms with Gasteiger partial charge in [0.1, 0.15) is 23.7 Å². The van der Waals surface area contributed by atoms with Gasteiger partial charge in [0.2, 0.25) is 18.2 Å². The number of carboxylic acid groups (broad SMARTS) is 1. The molecule has 0 radical (unpaired) electrons. The maximum atomic E-state index is 13.0. The standard InChI is InChI=1S/C23H39F2N3O7/c1-12(2)8-9-14(28-22(34)35-23(5,6)7)19(30)27-16(10-13(3)4)20(31)26-15(11-17(24)25)18(29)21(32)33/h12-17H,8-11H2,1-7H3,(H,26,31)(H,27,30)(H,28,34)(H,32,33). The molecule has 0 aliphatic rings. The molecule has 0 aromatic heterocycles. The summed E-state index contributed by atoms with van der Waals surface area (Å²) in [6, 6.07) is -4.26. The molecule has 0 aliphatic carbocycles. The number of carbonyl (C=O) groups is 5. The number of alkyl halides is 2. The third kappa shape index (κ3) is 14.3. The highest BCUT2D eigenvalue weighted by atomic mass is 19.3. The van der Waals surface area contributed by atoms with Gasteiger partial charge in [-0.2, -0.15) is 0 Å². The molecule has 0 heterocycles. The summed E-state index contributed by atoms with van der Waals surface area (Å²) in [5.41, 5.74) is -0.806. The van der Waals surface area contributed by atoms with Crippen LogP contribution < -0.4 is 16.0 Å². The van der Waals surface area contributed by atoms with E-state index in [0.29, 0.717) is 6.42 Å². The fraction of sp³-hybridized carbons (Fsp3) is 0.783. The zero-order valence-corrected chi connectivity index (χ0v) is 21.4. The second-order valence-corrected chi connectivity index (χ2v) is 10.2. The molecule has 0 aromatic carbocycles. The molecule has 35 heavy (non-hydrogen) atoms. The van der Waals surface area contributed by atoms with Gasteiger partial charge < -0.3 is 25.8 Å². The van der Waals surface area contributed by atoms with E-state index in [1.165, 1.54) is 0 Å². The lowest BCUT2D eigenvalue weighted by atomic mass is 9.99. The molecule has 0 saturated heterocycles. The molecule has 0 fully saturated rings. The number of Topliss-reactive ketones (excluding diaryl/α,β-unsaturated/α-hetero) is 1. The number of hydrogen-bond donors (Lipinski definition) is 4. The van der Waals surface area contributed by atoms with Crippen LogP contribution in [0.1, 0.15) is 74.1 Å². The smallest absolute Gasteiger partial charge is 0.408 e. The predicted octanol–water partition coefficient (Wildman–Crippen LogP) is 2.64. The molecule has 0 bridgehead atoms. The molecule has 202 valence electrons. The van der Waals surface area contributed by atoms with Crippen molar-refractivity contribution in [3.05, 3.63) is 0 Å². The van der Waals surface area contributed by atoms with Crippen molar-refractivity contribution in [3.63, 3.8) is 0 Å². The fourth-order valence-corrected chi connectivity index (χ4v) is 3.02. The zero-order valence-electron chi connectivity index (χ0n) is 21.4. The SMILES string of the molecule is CC(C)CCC(NC(=O)OC(C)(C)C)C(=O)NC(CC(C)C)C(=O)NC(CC(F)F)C(=O)C(=O)O. The van der Waals surface area contributed by atoms with Gasteiger partial charge in [-0.1, -0.05) is 27.7 Å². The number of carboxylic acids is 1. The molecule has 3 amide bonds. The number of ether oxygens (including phenoxy) is 1. The Morgan fingerprint density at radius 2 is 1.29 bits per heavy atom. The van der Waals surface area contributed by atoms with Crippen LogP contribution in [0.5, 0.6) is 0 Å². The predicted molar refractivity (Wildman–Crippen MR) is 124 cm³/mol. The van der Waals surface area contributed by atoms with Crippen LogP contribution in [0.4, 0.5) is 13.6 Å². The number of aliphatic carboxylic acids is 1. The second kappa shape index (κ2) is 14.6. The van der Waals surface area contributed by atoms with Crippen molar-refractivity contribution >= 4 is 29.7 Å².